The van der Waals surface area contributed by atoms with E-state index in [2.05, 4.69) is 22.6 Å². The molecule has 0 unspecified atom stereocenters. The number of carbonyl (C=O) groups excluding carboxylic acids is 1. The number of benzene rings is 2. The highest BCUT2D eigenvalue weighted by atomic mass is 16.5. The minimum Gasteiger partial charge on any atom is -0.497 e. The fraction of sp³-hybridized carbons (Fsp3) is 0.211. The summed E-state index contributed by atoms with van der Waals surface area (Å²) in [7, 11) is 1.61. The molecule has 3 rings (SSSR count). The molecule has 6 nitrogen and oxygen atoms in total. The average Bonchev–Trinajstić information content (AvgIpc) is 3.03. The number of aryl methyl sites for hydroxylation is 1. The summed E-state index contributed by atoms with van der Waals surface area (Å²) in [6, 6.07) is 15.2. The van der Waals surface area contributed by atoms with E-state index in [-0.39, 0.29) is 5.91 Å². The maximum absolute atomic E-state index is 12.6. The molecule has 1 amide bonds. The lowest BCUT2D eigenvalue weighted by Gasteiger charge is -2.07. The molecule has 2 aromatic carbocycles. The van der Waals surface area contributed by atoms with E-state index in [4.69, 9.17) is 4.74 Å². The largest absolute Gasteiger partial charge is 0.497 e. The minimum atomic E-state index is -0.278. The van der Waals surface area contributed by atoms with Gasteiger partial charge in [-0.15, -0.1) is 5.10 Å². The maximum atomic E-state index is 12.6. The first-order chi connectivity index (χ1) is 12.1. The van der Waals surface area contributed by atoms with E-state index in [1.165, 1.54) is 0 Å². The monoisotopic (exact) mass is 336 g/mol. The van der Waals surface area contributed by atoms with Crippen LogP contribution >= 0.6 is 0 Å². The highest BCUT2D eigenvalue weighted by molar-refractivity contribution is 6.03. The molecular formula is C19H20N4O2. The van der Waals surface area contributed by atoms with Crippen LogP contribution in [0.15, 0.2) is 48.5 Å². The van der Waals surface area contributed by atoms with Crippen molar-refractivity contribution in [1.29, 1.82) is 0 Å². The minimum absolute atomic E-state index is 0.278. The van der Waals surface area contributed by atoms with Crippen molar-refractivity contribution in [2.24, 2.45) is 0 Å². The smallest absolute Gasteiger partial charge is 0.278 e. The zero-order chi connectivity index (χ0) is 17.8. The number of amides is 1. The van der Waals surface area contributed by atoms with Crippen LogP contribution in [0.3, 0.4) is 0 Å². The fourth-order valence-corrected chi connectivity index (χ4v) is 2.59. The number of carbonyl (C=O) groups is 1. The number of hydrogen-bond acceptors (Lipinski definition) is 4. The number of hydrogen-bond donors (Lipinski definition) is 1. The second kappa shape index (κ2) is 7.17. The Balaban J connectivity index is 1.85. The SMILES string of the molecule is CCc1cccc(NC(=O)c2nnn(-c3cccc(OC)c3)c2C)c1. The second-order valence-corrected chi connectivity index (χ2v) is 5.64. The first-order valence-electron chi connectivity index (χ1n) is 8.09. The number of methoxy groups -OCH3 is 1. The Labute approximate surface area is 146 Å². The molecule has 1 heterocycles. The molecule has 25 heavy (non-hydrogen) atoms. The second-order valence-electron chi connectivity index (χ2n) is 5.64. The van der Waals surface area contributed by atoms with Crippen molar-refractivity contribution >= 4 is 11.6 Å². The molecule has 0 aliphatic carbocycles. The van der Waals surface area contributed by atoms with Crippen LogP contribution in [-0.4, -0.2) is 28.0 Å². The third-order valence-electron chi connectivity index (χ3n) is 4.00. The topological polar surface area (TPSA) is 69.0 Å². The van der Waals surface area contributed by atoms with Gasteiger partial charge in [0.25, 0.3) is 5.91 Å². The van der Waals surface area contributed by atoms with Crippen molar-refractivity contribution in [3.05, 3.63) is 65.5 Å². The van der Waals surface area contributed by atoms with E-state index in [0.29, 0.717) is 11.4 Å². The van der Waals surface area contributed by atoms with E-state index in [1.54, 1.807) is 11.8 Å². The number of nitrogens with one attached hydrogen (secondary N) is 1. The lowest BCUT2D eigenvalue weighted by atomic mass is 10.1. The molecular weight excluding hydrogens is 316 g/mol. The van der Waals surface area contributed by atoms with Crippen molar-refractivity contribution in [3.8, 4) is 11.4 Å². The Morgan fingerprint density at radius 2 is 2.00 bits per heavy atom. The quantitative estimate of drug-likeness (QED) is 0.775. The van der Waals surface area contributed by atoms with Crippen molar-refractivity contribution < 1.29 is 9.53 Å². The van der Waals surface area contributed by atoms with Gasteiger partial charge in [-0.3, -0.25) is 4.79 Å². The summed E-state index contributed by atoms with van der Waals surface area (Å²) >= 11 is 0. The number of ether oxygens (including phenoxy) is 1. The Kier molecular flexibility index (Phi) is 4.79. The molecule has 128 valence electrons. The van der Waals surface area contributed by atoms with Crippen LogP contribution in [0.1, 0.15) is 28.7 Å². The summed E-state index contributed by atoms with van der Waals surface area (Å²) in [6.07, 6.45) is 0.911. The Morgan fingerprint density at radius 1 is 1.20 bits per heavy atom. The van der Waals surface area contributed by atoms with Crippen LogP contribution in [0.5, 0.6) is 5.75 Å². The van der Waals surface area contributed by atoms with Crippen LogP contribution in [0.2, 0.25) is 0 Å². The van der Waals surface area contributed by atoms with Crippen molar-refractivity contribution in [1.82, 2.24) is 15.0 Å². The van der Waals surface area contributed by atoms with E-state index in [0.717, 1.165) is 29.1 Å². The standard InChI is InChI=1S/C19H20N4O2/c1-4-14-7-5-8-15(11-14)20-19(24)18-13(2)23(22-21-18)16-9-6-10-17(12-16)25-3/h5-12H,4H2,1-3H3,(H,20,24). The van der Waals surface area contributed by atoms with Gasteiger partial charge in [0.05, 0.1) is 18.5 Å². The van der Waals surface area contributed by atoms with Crippen molar-refractivity contribution in [2.75, 3.05) is 12.4 Å². The zero-order valence-corrected chi connectivity index (χ0v) is 14.5. The van der Waals surface area contributed by atoms with Gasteiger partial charge in [-0.2, -0.15) is 0 Å². The summed E-state index contributed by atoms with van der Waals surface area (Å²) in [5.41, 5.74) is 3.66. The van der Waals surface area contributed by atoms with Gasteiger partial charge in [-0.25, -0.2) is 4.68 Å². The molecule has 1 aromatic heterocycles. The number of aromatic nitrogens is 3. The number of anilines is 1. The van der Waals surface area contributed by atoms with Crippen molar-refractivity contribution in [3.63, 3.8) is 0 Å². The van der Waals surface area contributed by atoms with Crippen LogP contribution < -0.4 is 10.1 Å². The molecule has 0 radical (unpaired) electrons. The summed E-state index contributed by atoms with van der Waals surface area (Å²) in [4.78, 5) is 12.6. The molecule has 1 N–H and O–H groups in total. The first kappa shape index (κ1) is 16.7. The molecule has 0 bridgehead atoms. The number of rotatable bonds is 5. The van der Waals surface area contributed by atoms with Gasteiger partial charge in [-0.1, -0.05) is 30.3 Å². The van der Waals surface area contributed by atoms with Gasteiger partial charge in [0, 0.05) is 11.8 Å². The molecule has 0 fully saturated rings. The van der Waals surface area contributed by atoms with E-state index in [9.17, 15) is 4.79 Å². The van der Waals surface area contributed by atoms with Crippen LogP contribution in [0.25, 0.3) is 5.69 Å². The first-order valence-corrected chi connectivity index (χ1v) is 8.09. The predicted molar refractivity (Wildman–Crippen MR) is 96.4 cm³/mol. The van der Waals surface area contributed by atoms with Crippen LogP contribution in [0.4, 0.5) is 5.69 Å². The van der Waals surface area contributed by atoms with Crippen LogP contribution in [-0.2, 0) is 6.42 Å². The molecule has 0 spiro atoms. The molecule has 3 aromatic rings. The normalized spacial score (nSPS) is 10.5. The lowest BCUT2D eigenvalue weighted by Crippen LogP contribution is -2.14. The van der Waals surface area contributed by atoms with Crippen molar-refractivity contribution in [2.45, 2.75) is 20.3 Å². The van der Waals surface area contributed by atoms with Gasteiger partial charge < -0.3 is 10.1 Å². The predicted octanol–water partition coefficient (Wildman–Crippen LogP) is 3.40. The Hall–Kier alpha value is -3.15. The molecule has 0 saturated heterocycles. The highest BCUT2D eigenvalue weighted by Crippen LogP contribution is 2.19. The van der Waals surface area contributed by atoms with E-state index >= 15 is 0 Å². The fourth-order valence-electron chi connectivity index (χ4n) is 2.59. The lowest BCUT2D eigenvalue weighted by molar-refractivity contribution is 0.102. The zero-order valence-electron chi connectivity index (χ0n) is 14.5. The Bertz CT molecular complexity index is 902. The maximum Gasteiger partial charge on any atom is 0.278 e. The van der Waals surface area contributed by atoms with Gasteiger partial charge >= 0.3 is 0 Å². The third kappa shape index (κ3) is 3.52. The molecule has 0 saturated carbocycles. The molecule has 0 atom stereocenters. The van der Waals surface area contributed by atoms with Gasteiger partial charge in [0.15, 0.2) is 5.69 Å². The third-order valence-corrected chi connectivity index (χ3v) is 4.00. The number of nitrogens with zero attached hydrogens (tertiary/aromatic N) is 3. The van der Waals surface area contributed by atoms with Gasteiger partial charge in [0.1, 0.15) is 5.75 Å². The van der Waals surface area contributed by atoms with E-state index < -0.39 is 0 Å². The molecule has 0 aliphatic rings. The van der Waals surface area contributed by atoms with Gasteiger partial charge in [-0.05, 0) is 43.2 Å². The average molecular weight is 336 g/mol. The van der Waals surface area contributed by atoms with Crippen LogP contribution in [0, 0.1) is 6.92 Å². The molecule has 0 aliphatic heterocycles. The summed E-state index contributed by atoms with van der Waals surface area (Å²) in [5, 5.41) is 11.0. The van der Waals surface area contributed by atoms with Gasteiger partial charge in [0.2, 0.25) is 0 Å². The summed E-state index contributed by atoms with van der Waals surface area (Å²) < 4.78 is 6.86. The summed E-state index contributed by atoms with van der Waals surface area (Å²) in [5.74, 6) is 0.440. The summed E-state index contributed by atoms with van der Waals surface area (Å²) in [6.45, 7) is 3.89. The van der Waals surface area contributed by atoms with E-state index in [1.807, 2.05) is 55.5 Å². The highest BCUT2D eigenvalue weighted by Gasteiger charge is 2.17. The Morgan fingerprint density at radius 3 is 2.76 bits per heavy atom. The molecule has 6 heteroatoms.